The summed E-state index contributed by atoms with van der Waals surface area (Å²) >= 11 is 5.19. The highest BCUT2D eigenvalue weighted by atomic mass is 35.5. The van der Waals surface area contributed by atoms with Gasteiger partial charge in [-0.2, -0.15) is 0 Å². The van der Waals surface area contributed by atoms with Gasteiger partial charge in [0.05, 0.1) is 0 Å². The van der Waals surface area contributed by atoms with E-state index in [2.05, 4.69) is 0 Å². The van der Waals surface area contributed by atoms with Gasteiger partial charge in [-0.3, -0.25) is 4.79 Å². The van der Waals surface area contributed by atoms with E-state index >= 15 is 0 Å². The monoisotopic (exact) mass is 233 g/mol. The van der Waals surface area contributed by atoms with Gasteiger partial charge in [0.25, 0.3) is 0 Å². The van der Waals surface area contributed by atoms with Gasteiger partial charge in [-0.1, -0.05) is 6.07 Å². The Morgan fingerprint density at radius 2 is 2.13 bits per heavy atom. The van der Waals surface area contributed by atoms with E-state index in [4.69, 9.17) is 11.6 Å². The van der Waals surface area contributed by atoms with Crippen LogP contribution in [0.3, 0.4) is 0 Å². The van der Waals surface area contributed by atoms with Crippen LogP contribution in [0, 0.1) is 11.6 Å². The van der Waals surface area contributed by atoms with Gasteiger partial charge in [-0.25, -0.2) is 8.78 Å². The molecule has 0 spiro atoms. The smallest absolute Gasteiger partial charge is 0.316 e. The molecular formula is C10H10ClF2NO. The van der Waals surface area contributed by atoms with Gasteiger partial charge in [-0.05, 0) is 29.7 Å². The van der Waals surface area contributed by atoms with E-state index in [0.29, 0.717) is 18.5 Å². The maximum absolute atomic E-state index is 13.1. The molecule has 0 aliphatic carbocycles. The Labute approximate surface area is 91.4 Å². The minimum absolute atomic E-state index is 0.297. The fourth-order valence-corrected chi connectivity index (χ4v) is 1.19. The minimum atomic E-state index is -0.613. The lowest BCUT2D eigenvalue weighted by molar-refractivity contribution is 0.232. The number of benzene rings is 1. The SMILES string of the molecule is CN(CCc1ccc(F)cc1F)C(=O)Cl. The summed E-state index contributed by atoms with van der Waals surface area (Å²) in [6, 6.07) is 3.36. The van der Waals surface area contributed by atoms with Crippen LogP contribution in [0.1, 0.15) is 5.56 Å². The molecule has 1 aromatic carbocycles. The third-order valence-electron chi connectivity index (χ3n) is 2.03. The molecular weight excluding hydrogens is 224 g/mol. The zero-order valence-corrected chi connectivity index (χ0v) is 8.89. The fourth-order valence-electron chi connectivity index (χ4n) is 1.10. The van der Waals surface area contributed by atoms with Crippen LogP contribution in [0.25, 0.3) is 0 Å². The van der Waals surface area contributed by atoms with Crippen LogP contribution in [0.15, 0.2) is 18.2 Å². The molecule has 0 unspecified atom stereocenters. The molecule has 1 amide bonds. The maximum Gasteiger partial charge on any atom is 0.316 e. The summed E-state index contributed by atoms with van der Waals surface area (Å²) in [5.74, 6) is -1.22. The van der Waals surface area contributed by atoms with Crippen molar-refractivity contribution in [1.82, 2.24) is 4.90 Å². The first-order valence-electron chi connectivity index (χ1n) is 4.35. The Kier molecular flexibility index (Phi) is 4.03. The van der Waals surface area contributed by atoms with Crippen LogP contribution in [0.5, 0.6) is 0 Å². The highest BCUT2D eigenvalue weighted by Gasteiger charge is 2.07. The Balaban J connectivity index is 2.62. The molecule has 0 radical (unpaired) electrons. The van der Waals surface area contributed by atoms with Crippen LogP contribution in [0.4, 0.5) is 13.6 Å². The van der Waals surface area contributed by atoms with Crippen molar-refractivity contribution in [3.05, 3.63) is 35.4 Å². The molecule has 0 atom stereocenters. The van der Waals surface area contributed by atoms with Gasteiger partial charge >= 0.3 is 5.37 Å². The average Bonchev–Trinajstić information content (AvgIpc) is 2.15. The van der Waals surface area contributed by atoms with Crippen molar-refractivity contribution in [2.24, 2.45) is 0 Å². The average molecular weight is 234 g/mol. The standard InChI is InChI=1S/C10H10ClF2NO/c1-14(10(11)15)5-4-7-2-3-8(12)6-9(7)13/h2-3,6H,4-5H2,1H3. The predicted molar refractivity (Wildman–Crippen MR) is 53.9 cm³/mol. The number of nitrogens with zero attached hydrogens (tertiary/aromatic N) is 1. The van der Waals surface area contributed by atoms with E-state index in [1.54, 1.807) is 0 Å². The molecule has 0 fully saturated rings. The van der Waals surface area contributed by atoms with Gasteiger partial charge in [0.2, 0.25) is 0 Å². The first kappa shape index (κ1) is 11.9. The third kappa shape index (κ3) is 3.47. The molecule has 0 N–H and O–H groups in total. The number of amides is 1. The van der Waals surface area contributed by atoms with Crippen molar-refractivity contribution >= 4 is 17.0 Å². The molecule has 82 valence electrons. The molecule has 0 aromatic heterocycles. The molecule has 0 aliphatic rings. The molecule has 1 rings (SSSR count). The van der Waals surface area contributed by atoms with E-state index in [9.17, 15) is 13.6 Å². The van der Waals surface area contributed by atoms with Crippen LogP contribution in [-0.4, -0.2) is 23.9 Å². The molecule has 0 heterocycles. The summed E-state index contributed by atoms with van der Waals surface area (Å²) in [5.41, 5.74) is 0.362. The van der Waals surface area contributed by atoms with E-state index in [-0.39, 0.29) is 0 Å². The second-order valence-electron chi connectivity index (χ2n) is 3.16. The molecule has 15 heavy (non-hydrogen) atoms. The highest BCUT2D eigenvalue weighted by molar-refractivity contribution is 6.62. The largest absolute Gasteiger partial charge is 0.332 e. The maximum atomic E-state index is 13.1. The number of rotatable bonds is 3. The lowest BCUT2D eigenvalue weighted by Gasteiger charge is -2.13. The Hall–Kier alpha value is -1.16. The normalized spacial score (nSPS) is 10.1. The quantitative estimate of drug-likeness (QED) is 0.581. The number of carbonyl (C=O) groups excluding carboxylic acids is 1. The Morgan fingerprint density at radius 1 is 1.47 bits per heavy atom. The molecule has 0 bridgehead atoms. The van der Waals surface area contributed by atoms with Crippen molar-refractivity contribution in [1.29, 1.82) is 0 Å². The molecule has 5 heteroatoms. The minimum Gasteiger partial charge on any atom is -0.332 e. The lowest BCUT2D eigenvalue weighted by Crippen LogP contribution is -2.23. The van der Waals surface area contributed by atoms with Gasteiger partial charge < -0.3 is 4.90 Å². The third-order valence-corrected chi connectivity index (χ3v) is 2.32. The zero-order valence-electron chi connectivity index (χ0n) is 8.14. The van der Waals surface area contributed by atoms with Crippen molar-refractivity contribution < 1.29 is 13.6 Å². The summed E-state index contributed by atoms with van der Waals surface area (Å²) in [4.78, 5) is 11.9. The van der Waals surface area contributed by atoms with Gasteiger partial charge in [0, 0.05) is 19.7 Å². The van der Waals surface area contributed by atoms with Crippen molar-refractivity contribution in [2.45, 2.75) is 6.42 Å². The first-order chi connectivity index (χ1) is 7.00. The highest BCUT2D eigenvalue weighted by Crippen LogP contribution is 2.10. The summed E-state index contributed by atoms with van der Waals surface area (Å²) in [7, 11) is 1.51. The van der Waals surface area contributed by atoms with Crippen LogP contribution in [-0.2, 0) is 6.42 Å². The molecule has 2 nitrogen and oxygen atoms in total. The fraction of sp³-hybridized carbons (Fsp3) is 0.300. The van der Waals surface area contributed by atoms with Gasteiger partial charge in [0.1, 0.15) is 11.6 Å². The van der Waals surface area contributed by atoms with Crippen molar-refractivity contribution in [3.63, 3.8) is 0 Å². The molecule has 0 saturated carbocycles. The summed E-state index contributed by atoms with van der Waals surface area (Å²) in [6.07, 6.45) is 0.307. The number of halogens is 3. The second-order valence-corrected chi connectivity index (χ2v) is 3.48. The molecule has 1 aromatic rings. The van der Waals surface area contributed by atoms with Crippen LogP contribution in [0.2, 0.25) is 0 Å². The number of likely N-dealkylation sites (N-methyl/N-ethyl adjacent to an activating group) is 1. The van der Waals surface area contributed by atoms with E-state index in [1.807, 2.05) is 0 Å². The number of carbonyl (C=O) groups is 1. The predicted octanol–water partition coefficient (Wildman–Crippen LogP) is 2.80. The van der Waals surface area contributed by atoms with E-state index < -0.39 is 17.0 Å². The number of hydrogen-bond donors (Lipinski definition) is 0. The Morgan fingerprint density at radius 3 is 2.67 bits per heavy atom. The summed E-state index contributed by atoms with van der Waals surface area (Å²) < 4.78 is 25.7. The first-order valence-corrected chi connectivity index (χ1v) is 4.73. The van der Waals surface area contributed by atoms with Gasteiger partial charge in [0.15, 0.2) is 0 Å². The molecule has 0 saturated heterocycles. The zero-order chi connectivity index (χ0) is 11.4. The summed E-state index contributed by atoms with van der Waals surface area (Å²) in [6.45, 7) is 0.297. The lowest BCUT2D eigenvalue weighted by atomic mass is 10.1. The Bertz CT molecular complexity index is 370. The van der Waals surface area contributed by atoms with Crippen LogP contribution >= 0.6 is 11.6 Å². The van der Waals surface area contributed by atoms with Gasteiger partial charge in [-0.15, -0.1) is 0 Å². The number of hydrogen-bond acceptors (Lipinski definition) is 1. The second kappa shape index (κ2) is 5.07. The van der Waals surface area contributed by atoms with Crippen molar-refractivity contribution in [2.75, 3.05) is 13.6 Å². The van der Waals surface area contributed by atoms with Crippen molar-refractivity contribution in [3.8, 4) is 0 Å². The van der Waals surface area contributed by atoms with E-state index in [1.165, 1.54) is 24.1 Å². The van der Waals surface area contributed by atoms with Crippen LogP contribution < -0.4 is 0 Å². The van der Waals surface area contributed by atoms with E-state index in [0.717, 1.165) is 6.07 Å². The summed E-state index contributed by atoms with van der Waals surface area (Å²) in [5, 5.41) is -0.600. The molecule has 0 aliphatic heterocycles. The topological polar surface area (TPSA) is 20.3 Å².